The lowest BCUT2D eigenvalue weighted by Gasteiger charge is -2.28. The van der Waals surface area contributed by atoms with Gasteiger partial charge in [0, 0.05) is 18.3 Å². The van der Waals surface area contributed by atoms with Gasteiger partial charge in [0.25, 0.3) is 5.91 Å². The summed E-state index contributed by atoms with van der Waals surface area (Å²) in [5, 5.41) is 0. The zero-order valence-electron chi connectivity index (χ0n) is 11.9. The van der Waals surface area contributed by atoms with Gasteiger partial charge in [0.1, 0.15) is 0 Å². The number of nitrogens with two attached hydrogens (primary N) is 1. The van der Waals surface area contributed by atoms with Gasteiger partial charge in [0.15, 0.2) is 0 Å². The number of amides is 1. The molecule has 1 fully saturated rings. The molecule has 3 nitrogen and oxygen atoms in total. The van der Waals surface area contributed by atoms with E-state index in [1.54, 1.807) is 4.90 Å². The van der Waals surface area contributed by atoms with Crippen LogP contribution in [0.5, 0.6) is 0 Å². The van der Waals surface area contributed by atoms with E-state index in [0.29, 0.717) is 6.54 Å². The highest BCUT2D eigenvalue weighted by atomic mass is 19.4. The first-order chi connectivity index (χ1) is 9.84. The summed E-state index contributed by atoms with van der Waals surface area (Å²) in [4.78, 5) is 14.2. The molecule has 0 atom stereocenters. The van der Waals surface area contributed by atoms with Crippen molar-refractivity contribution >= 4 is 11.6 Å². The Morgan fingerprint density at radius 2 is 1.95 bits per heavy atom. The van der Waals surface area contributed by atoms with Gasteiger partial charge in [0.05, 0.1) is 11.1 Å². The van der Waals surface area contributed by atoms with Crippen LogP contribution in [0.3, 0.4) is 0 Å². The minimum atomic E-state index is -4.48. The SMILES string of the molecule is CCN(C(=O)c1cc(C(F)(F)F)ccc1N)C1CCCC1. The lowest BCUT2D eigenvalue weighted by Crippen LogP contribution is -2.39. The smallest absolute Gasteiger partial charge is 0.398 e. The fourth-order valence-electron chi connectivity index (χ4n) is 2.86. The summed E-state index contributed by atoms with van der Waals surface area (Å²) in [6, 6.07) is 3.02. The van der Waals surface area contributed by atoms with E-state index in [0.717, 1.165) is 43.9 Å². The molecule has 1 aromatic rings. The second-order valence-electron chi connectivity index (χ2n) is 5.33. The predicted octanol–water partition coefficient (Wildman–Crippen LogP) is 3.69. The third-order valence-corrected chi connectivity index (χ3v) is 3.98. The van der Waals surface area contributed by atoms with E-state index in [4.69, 9.17) is 5.73 Å². The van der Waals surface area contributed by atoms with Gasteiger partial charge >= 0.3 is 6.18 Å². The molecule has 21 heavy (non-hydrogen) atoms. The number of hydrogen-bond donors (Lipinski definition) is 1. The number of carbonyl (C=O) groups is 1. The molecule has 2 rings (SSSR count). The van der Waals surface area contributed by atoms with Crippen molar-refractivity contribution in [2.45, 2.75) is 44.8 Å². The molecule has 0 spiro atoms. The molecule has 6 heteroatoms. The molecule has 0 aromatic heterocycles. The number of carbonyl (C=O) groups excluding carboxylic acids is 1. The van der Waals surface area contributed by atoms with E-state index in [9.17, 15) is 18.0 Å². The molecule has 1 aromatic carbocycles. The summed E-state index contributed by atoms with van der Waals surface area (Å²) >= 11 is 0. The molecular weight excluding hydrogens is 281 g/mol. The van der Waals surface area contributed by atoms with E-state index < -0.39 is 17.6 Å². The zero-order valence-corrected chi connectivity index (χ0v) is 11.9. The second-order valence-corrected chi connectivity index (χ2v) is 5.33. The molecule has 116 valence electrons. The van der Waals surface area contributed by atoms with Gasteiger partial charge in [-0.3, -0.25) is 4.79 Å². The molecule has 0 aliphatic heterocycles. The Kier molecular flexibility index (Phi) is 4.44. The van der Waals surface area contributed by atoms with Gasteiger partial charge in [-0.2, -0.15) is 13.2 Å². The third-order valence-electron chi connectivity index (χ3n) is 3.98. The molecule has 0 radical (unpaired) electrons. The highest BCUT2D eigenvalue weighted by molar-refractivity contribution is 5.99. The molecule has 0 unspecified atom stereocenters. The maximum atomic E-state index is 12.8. The maximum Gasteiger partial charge on any atom is 0.416 e. The summed E-state index contributed by atoms with van der Waals surface area (Å²) in [5.41, 5.74) is 4.90. The topological polar surface area (TPSA) is 46.3 Å². The van der Waals surface area contributed by atoms with E-state index >= 15 is 0 Å². The Labute approximate surface area is 121 Å². The Bertz CT molecular complexity index is 522. The van der Waals surface area contributed by atoms with Gasteiger partial charge in [-0.25, -0.2) is 0 Å². The van der Waals surface area contributed by atoms with Crippen LogP contribution in [0.25, 0.3) is 0 Å². The minimum absolute atomic E-state index is 0.0569. The van der Waals surface area contributed by atoms with E-state index in [-0.39, 0.29) is 17.3 Å². The largest absolute Gasteiger partial charge is 0.416 e. The van der Waals surface area contributed by atoms with Gasteiger partial charge in [-0.1, -0.05) is 12.8 Å². The Morgan fingerprint density at radius 3 is 2.48 bits per heavy atom. The fourth-order valence-corrected chi connectivity index (χ4v) is 2.86. The number of halogens is 3. The standard InChI is InChI=1S/C15H19F3N2O/c1-2-20(11-5-3-4-6-11)14(21)12-9-10(15(16,17)18)7-8-13(12)19/h7-9,11H,2-6,19H2,1H3. The van der Waals surface area contributed by atoms with Crippen LogP contribution in [-0.2, 0) is 6.18 Å². The first-order valence-electron chi connectivity index (χ1n) is 7.12. The number of rotatable bonds is 3. The number of nitrogens with zero attached hydrogens (tertiary/aromatic N) is 1. The van der Waals surface area contributed by atoms with Crippen LogP contribution in [0.2, 0.25) is 0 Å². The number of benzene rings is 1. The van der Waals surface area contributed by atoms with E-state index in [1.807, 2.05) is 6.92 Å². The van der Waals surface area contributed by atoms with Crippen molar-refractivity contribution in [2.24, 2.45) is 0 Å². The van der Waals surface area contributed by atoms with E-state index in [1.165, 1.54) is 0 Å². The van der Waals surface area contributed by atoms with Crippen molar-refractivity contribution in [1.29, 1.82) is 0 Å². The first-order valence-corrected chi connectivity index (χ1v) is 7.12. The maximum absolute atomic E-state index is 12.8. The zero-order chi connectivity index (χ0) is 15.6. The van der Waals surface area contributed by atoms with Gasteiger partial charge in [-0.05, 0) is 38.0 Å². The fraction of sp³-hybridized carbons (Fsp3) is 0.533. The molecular formula is C15H19F3N2O. The van der Waals surface area contributed by atoms with Crippen molar-refractivity contribution in [3.05, 3.63) is 29.3 Å². The third kappa shape index (κ3) is 3.31. The molecule has 2 N–H and O–H groups in total. The molecule has 0 bridgehead atoms. The van der Waals surface area contributed by atoms with Gasteiger partial charge < -0.3 is 10.6 Å². The van der Waals surface area contributed by atoms with E-state index in [2.05, 4.69) is 0 Å². The highest BCUT2D eigenvalue weighted by Gasteiger charge is 2.33. The summed E-state index contributed by atoms with van der Waals surface area (Å²) < 4.78 is 38.3. The lowest BCUT2D eigenvalue weighted by molar-refractivity contribution is -0.137. The van der Waals surface area contributed by atoms with Crippen molar-refractivity contribution in [3.8, 4) is 0 Å². The van der Waals surface area contributed by atoms with Crippen LogP contribution in [0.15, 0.2) is 18.2 Å². The number of nitrogen functional groups attached to an aromatic ring is 1. The average Bonchev–Trinajstić information content (AvgIpc) is 2.92. The van der Waals surface area contributed by atoms with Gasteiger partial charge in [0.2, 0.25) is 0 Å². The molecule has 1 aliphatic rings. The first kappa shape index (κ1) is 15.7. The van der Waals surface area contributed by atoms with Crippen LogP contribution < -0.4 is 5.73 Å². The summed E-state index contributed by atoms with van der Waals surface area (Å²) in [6.45, 7) is 2.30. The molecule has 1 aliphatic carbocycles. The normalized spacial score (nSPS) is 16.2. The highest BCUT2D eigenvalue weighted by Crippen LogP contribution is 2.32. The van der Waals surface area contributed by atoms with Crippen LogP contribution in [-0.4, -0.2) is 23.4 Å². The number of alkyl halides is 3. The average molecular weight is 300 g/mol. The second kappa shape index (κ2) is 5.95. The van der Waals surface area contributed by atoms with Gasteiger partial charge in [-0.15, -0.1) is 0 Å². The molecule has 0 heterocycles. The van der Waals surface area contributed by atoms with Crippen molar-refractivity contribution in [2.75, 3.05) is 12.3 Å². The van der Waals surface area contributed by atoms with Crippen LogP contribution in [0.4, 0.5) is 18.9 Å². The lowest BCUT2D eigenvalue weighted by atomic mass is 10.1. The Balaban J connectivity index is 2.32. The van der Waals surface area contributed by atoms with Crippen molar-refractivity contribution < 1.29 is 18.0 Å². The summed E-state index contributed by atoms with van der Waals surface area (Å²) in [7, 11) is 0. The van der Waals surface area contributed by atoms with Crippen molar-refractivity contribution in [3.63, 3.8) is 0 Å². The quantitative estimate of drug-likeness (QED) is 0.865. The van der Waals surface area contributed by atoms with Crippen molar-refractivity contribution in [1.82, 2.24) is 4.90 Å². The molecule has 0 saturated heterocycles. The minimum Gasteiger partial charge on any atom is -0.398 e. The monoisotopic (exact) mass is 300 g/mol. The van der Waals surface area contributed by atoms with Crippen LogP contribution >= 0.6 is 0 Å². The summed E-state index contributed by atoms with van der Waals surface area (Å²) in [5.74, 6) is -0.409. The number of anilines is 1. The van der Waals surface area contributed by atoms with Crippen LogP contribution in [0, 0.1) is 0 Å². The Morgan fingerprint density at radius 1 is 1.33 bits per heavy atom. The van der Waals surface area contributed by atoms with Crippen LogP contribution in [0.1, 0.15) is 48.5 Å². The number of hydrogen-bond acceptors (Lipinski definition) is 2. The molecule has 1 amide bonds. The summed E-state index contributed by atoms with van der Waals surface area (Å²) in [6.07, 6.45) is -0.580. The Hall–Kier alpha value is -1.72. The predicted molar refractivity (Wildman–Crippen MR) is 74.8 cm³/mol. The molecule has 1 saturated carbocycles.